The van der Waals surface area contributed by atoms with Crippen LogP contribution in [0.15, 0.2) is 28.7 Å². The molecule has 2 bridgehead atoms. The van der Waals surface area contributed by atoms with Crippen molar-refractivity contribution >= 4 is 18.1 Å². The molecule has 126 valence electrons. The molecule has 7 heteroatoms. The molecule has 0 spiro atoms. The van der Waals surface area contributed by atoms with Gasteiger partial charge in [0.2, 0.25) is 5.89 Å². The van der Waals surface area contributed by atoms with E-state index in [9.17, 15) is 9.90 Å². The molecule has 0 radical (unpaired) electrons. The lowest BCUT2D eigenvalue weighted by molar-refractivity contribution is 0.0861. The zero-order valence-electron chi connectivity index (χ0n) is 13.1. The first-order valence-electron chi connectivity index (χ1n) is 8.23. The molecule has 1 aromatic carbocycles. The van der Waals surface area contributed by atoms with Crippen LogP contribution in [0, 0.1) is 22.6 Å². The maximum atomic E-state index is 12.5. The van der Waals surface area contributed by atoms with Gasteiger partial charge in [-0.3, -0.25) is 4.79 Å². The SMILES string of the molecule is O=C(N[C@@H]1[C@H]2CC[C@@H](C2)[C@@H]1CO)c1ccc(-c2n[nH]c(=S)o2)cc1. The van der Waals surface area contributed by atoms with Gasteiger partial charge >= 0.3 is 0 Å². The summed E-state index contributed by atoms with van der Waals surface area (Å²) in [5.74, 6) is 1.56. The summed E-state index contributed by atoms with van der Waals surface area (Å²) in [5, 5.41) is 19.3. The van der Waals surface area contributed by atoms with Crippen LogP contribution in [0.25, 0.3) is 11.5 Å². The van der Waals surface area contributed by atoms with Crippen molar-refractivity contribution in [2.75, 3.05) is 6.61 Å². The third-order valence-electron chi connectivity index (χ3n) is 5.43. The average Bonchev–Trinajstić information content (AvgIpc) is 3.31. The highest BCUT2D eigenvalue weighted by atomic mass is 32.1. The Morgan fingerprint density at radius 2 is 2.08 bits per heavy atom. The van der Waals surface area contributed by atoms with Crippen LogP contribution in [0.3, 0.4) is 0 Å². The first kappa shape index (κ1) is 15.5. The number of nitrogens with zero attached hydrogens (tertiary/aromatic N) is 1. The third kappa shape index (κ3) is 2.67. The van der Waals surface area contributed by atoms with Crippen LogP contribution in [-0.4, -0.2) is 33.9 Å². The fourth-order valence-electron chi connectivity index (χ4n) is 4.25. The molecule has 1 heterocycles. The minimum atomic E-state index is -0.0968. The van der Waals surface area contributed by atoms with Gasteiger partial charge < -0.3 is 14.8 Å². The maximum Gasteiger partial charge on any atom is 0.284 e. The molecule has 4 atom stereocenters. The van der Waals surface area contributed by atoms with Gasteiger partial charge in [-0.25, -0.2) is 5.10 Å². The Balaban J connectivity index is 1.48. The summed E-state index contributed by atoms with van der Waals surface area (Å²) in [7, 11) is 0. The number of aromatic nitrogens is 2. The summed E-state index contributed by atoms with van der Waals surface area (Å²) in [4.78, 5) is 12.8. The molecule has 2 aliphatic carbocycles. The van der Waals surface area contributed by atoms with E-state index in [0.717, 1.165) is 18.4 Å². The van der Waals surface area contributed by atoms with E-state index in [-0.39, 0.29) is 29.3 Å². The second-order valence-corrected chi connectivity index (χ2v) is 7.05. The fraction of sp³-hybridized carbons (Fsp3) is 0.471. The van der Waals surface area contributed by atoms with Crippen molar-refractivity contribution in [1.82, 2.24) is 15.5 Å². The van der Waals surface area contributed by atoms with Crippen molar-refractivity contribution in [3.8, 4) is 11.5 Å². The Bertz CT molecular complexity index is 798. The molecular weight excluding hydrogens is 326 g/mol. The van der Waals surface area contributed by atoms with E-state index in [1.807, 2.05) is 0 Å². The lowest BCUT2D eigenvalue weighted by Crippen LogP contribution is -2.45. The molecule has 2 fully saturated rings. The monoisotopic (exact) mass is 345 g/mol. The standard InChI is InChI=1S/C17H19N3O3S/c21-8-13-11-5-6-12(7-11)14(13)18-15(22)9-1-3-10(4-2-9)16-19-20-17(24)23-16/h1-4,11-14,21H,5-8H2,(H,18,22)(H,20,24)/t11-,12-,13-,14+/m0/s1. The van der Waals surface area contributed by atoms with Crippen LogP contribution in [0.4, 0.5) is 0 Å². The van der Waals surface area contributed by atoms with Crippen LogP contribution in [-0.2, 0) is 0 Å². The number of H-pyrrole nitrogens is 1. The van der Waals surface area contributed by atoms with Crippen molar-refractivity contribution in [3.05, 3.63) is 34.7 Å². The Kier molecular flexibility index (Phi) is 3.97. The van der Waals surface area contributed by atoms with E-state index >= 15 is 0 Å². The molecule has 0 aliphatic heterocycles. The highest BCUT2D eigenvalue weighted by Crippen LogP contribution is 2.48. The molecule has 24 heavy (non-hydrogen) atoms. The van der Waals surface area contributed by atoms with Crippen molar-refractivity contribution in [2.24, 2.45) is 17.8 Å². The number of amides is 1. The first-order chi connectivity index (χ1) is 11.7. The summed E-state index contributed by atoms with van der Waals surface area (Å²) in [6, 6.07) is 7.16. The number of fused-ring (bicyclic) bond motifs is 2. The molecule has 2 saturated carbocycles. The van der Waals surface area contributed by atoms with E-state index in [1.54, 1.807) is 24.3 Å². The summed E-state index contributed by atoms with van der Waals surface area (Å²) in [6.45, 7) is 0.148. The number of nitrogens with one attached hydrogen (secondary N) is 2. The zero-order valence-corrected chi connectivity index (χ0v) is 13.9. The fourth-order valence-corrected chi connectivity index (χ4v) is 4.37. The topological polar surface area (TPSA) is 91.1 Å². The molecule has 0 saturated heterocycles. The minimum absolute atomic E-state index is 0.0880. The quantitative estimate of drug-likeness (QED) is 0.741. The number of aliphatic hydroxyl groups excluding tert-OH is 1. The summed E-state index contributed by atoms with van der Waals surface area (Å²) in [5.41, 5.74) is 1.35. The number of hydrogen-bond acceptors (Lipinski definition) is 5. The zero-order chi connectivity index (χ0) is 16.7. The molecule has 2 aliphatic rings. The molecule has 0 unspecified atom stereocenters. The van der Waals surface area contributed by atoms with Crippen LogP contribution in [0.1, 0.15) is 29.6 Å². The lowest BCUT2D eigenvalue weighted by Gasteiger charge is -2.30. The minimum Gasteiger partial charge on any atom is -0.409 e. The predicted octanol–water partition coefficient (Wildman–Crippen LogP) is 2.54. The normalized spacial score (nSPS) is 28.2. The molecule has 1 amide bonds. The number of rotatable bonds is 4. The second-order valence-electron chi connectivity index (χ2n) is 6.67. The van der Waals surface area contributed by atoms with Crippen molar-refractivity contribution in [2.45, 2.75) is 25.3 Å². The van der Waals surface area contributed by atoms with E-state index in [1.165, 1.54) is 6.42 Å². The average molecular weight is 345 g/mol. The molecule has 6 nitrogen and oxygen atoms in total. The second kappa shape index (κ2) is 6.14. The molecule has 4 rings (SSSR count). The van der Waals surface area contributed by atoms with Gasteiger partial charge in [0, 0.05) is 29.7 Å². The third-order valence-corrected chi connectivity index (χ3v) is 5.60. The number of aliphatic hydroxyl groups is 1. The van der Waals surface area contributed by atoms with Gasteiger partial charge in [0.25, 0.3) is 10.7 Å². The van der Waals surface area contributed by atoms with Crippen molar-refractivity contribution in [1.29, 1.82) is 0 Å². The number of carbonyl (C=O) groups is 1. The van der Waals surface area contributed by atoms with Crippen molar-refractivity contribution < 1.29 is 14.3 Å². The Morgan fingerprint density at radius 3 is 2.75 bits per heavy atom. The Hall–Kier alpha value is -1.99. The smallest absolute Gasteiger partial charge is 0.284 e. The lowest BCUT2D eigenvalue weighted by atomic mass is 9.85. The van der Waals surface area contributed by atoms with E-state index < -0.39 is 0 Å². The van der Waals surface area contributed by atoms with Gasteiger partial charge in [0.1, 0.15) is 0 Å². The van der Waals surface area contributed by atoms with Gasteiger partial charge in [-0.15, -0.1) is 5.10 Å². The molecular formula is C17H19N3O3S. The molecule has 1 aromatic heterocycles. The van der Waals surface area contributed by atoms with E-state index in [2.05, 4.69) is 15.5 Å². The van der Waals surface area contributed by atoms with Gasteiger partial charge in [0.15, 0.2) is 0 Å². The number of benzene rings is 1. The van der Waals surface area contributed by atoms with E-state index in [0.29, 0.717) is 23.3 Å². The Morgan fingerprint density at radius 1 is 1.33 bits per heavy atom. The summed E-state index contributed by atoms with van der Waals surface area (Å²) >= 11 is 4.86. The largest absolute Gasteiger partial charge is 0.409 e. The number of aromatic amines is 1. The van der Waals surface area contributed by atoms with E-state index in [4.69, 9.17) is 16.6 Å². The Labute approximate surface area is 144 Å². The summed E-state index contributed by atoms with van der Waals surface area (Å²) < 4.78 is 5.26. The predicted molar refractivity (Wildman–Crippen MR) is 89.8 cm³/mol. The van der Waals surface area contributed by atoms with Crippen molar-refractivity contribution in [3.63, 3.8) is 0 Å². The highest BCUT2D eigenvalue weighted by molar-refractivity contribution is 7.71. The van der Waals surface area contributed by atoms with Gasteiger partial charge in [-0.05, 0) is 67.6 Å². The van der Waals surface area contributed by atoms with Gasteiger partial charge in [0.05, 0.1) is 0 Å². The summed E-state index contributed by atoms with van der Waals surface area (Å²) in [6.07, 6.45) is 3.45. The van der Waals surface area contributed by atoms with Crippen LogP contribution >= 0.6 is 12.2 Å². The van der Waals surface area contributed by atoms with Gasteiger partial charge in [-0.1, -0.05) is 0 Å². The first-order valence-corrected chi connectivity index (χ1v) is 8.64. The maximum absolute atomic E-state index is 12.5. The molecule has 3 N–H and O–H groups in total. The van der Waals surface area contributed by atoms with Crippen LogP contribution < -0.4 is 5.32 Å². The number of carbonyl (C=O) groups excluding carboxylic acids is 1. The number of hydrogen-bond donors (Lipinski definition) is 3. The van der Waals surface area contributed by atoms with Gasteiger partial charge in [-0.2, -0.15) is 0 Å². The van der Waals surface area contributed by atoms with Crippen LogP contribution in [0.2, 0.25) is 0 Å². The highest BCUT2D eigenvalue weighted by Gasteiger charge is 2.47. The molecule has 2 aromatic rings. The van der Waals surface area contributed by atoms with Crippen LogP contribution in [0.5, 0.6) is 0 Å².